The van der Waals surface area contributed by atoms with Crippen LogP contribution in [0.2, 0.25) is 0 Å². The number of nitrogens with one attached hydrogen (secondary N) is 3. The monoisotopic (exact) mass is 515 g/mol. The number of methoxy groups -OCH3 is 1. The minimum absolute atomic E-state index is 0.0426. The van der Waals surface area contributed by atoms with Crippen LogP contribution in [0.25, 0.3) is 6.20 Å². The Labute approximate surface area is 208 Å². The molecule has 2 aromatic rings. The van der Waals surface area contributed by atoms with Crippen LogP contribution in [-0.4, -0.2) is 47.3 Å². The number of anilines is 1. The van der Waals surface area contributed by atoms with Crippen LogP contribution in [0.5, 0.6) is 5.75 Å². The van der Waals surface area contributed by atoms with E-state index in [1.54, 1.807) is 30.6 Å². The SMILES string of the molecule is COC(=O)C(C)NP(=O)(OCC1CC1=Cn1cnc2c1NC(N)=NC2NC1CC1)Oc1ccccc1. The molecule has 4 unspecified atom stereocenters. The first-order valence-electron chi connectivity index (χ1n) is 11.8. The summed E-state index contributed by atoms with van der Waals surface area (Å²) >= 11 is 0. The van der Waals surface area contributed by atoms with E-state index in [4.69, 9.17) is 19.5 Å². The average Bonchev–Trinajstić information content (AvgIpc) is 3.77. The van der Waals surface area contributed by atoms with Gasteiger partial charge in [-0.2, -0.15) is 5.09 Å². The van der Waals surface area contributed by atoms with Crippen LogP contribution < -0.4 is 26.0 Å². The molecule has 3 aliphatic rings. The minimum Gasteiger partial charge on any atom is -0.468 e. The fraction of sp³-hybridized carbons (Fsp3) is 0.435. The smallest absolute Gasteiger partial charge is 0.459 e. The highest BCUT2D eigenvalue weighted by molar-refractivity contribution is 7.52. The van der Waals surface area contributed by atoms with Gasteiger partial charge in [0.05, 0.1) is 13.7 Å². The third-order valence-corrected chi connectivity index (χ3v) is 7.68. The van der Waals surface area contributed by atoms with Crippen molar-refractivity contribution < 1.29 is 23.1 Å². The second-order valence-electron chi connectivity index (χ2n) is 9.05. The number of hydrogen-bond acceptors (Lipinski definition) is 10. The predicted molar refractivity (Wildman–Crippen MR) is 134 cm³/mol. The zero-order chi connectivity index (χ0) is 25.3. The van der Waals surface area contributed by atoms with E-state index in [-0.39, 0.29) is 18.7 Å². The summed E-state index contributed by atoms with van der Waals surface area (Å²) in [5.74, 6) is 0.937. The van der Waals surface area contributed by atoms with Crippen molar-refractivity contribution in [1.29, 1.82) is 0 Å². The predicted octanol–water partition coefficient (Wildman–Crippen LogP) is 2.59. The molecule has 4 atom stereocenters. The quantitative estimate of drug-likeness (QED) is 0.259. The minimum atomic E-state index is -3.87. The molecular weight excluding hydrogens is 485 g/mol. The van der Waals surface area contributed by atoms with Crippen LogP contribution in [0, 0.1) is 5.92 Å². The Balaban J connectivity index is 1.25. The normalized spacial score (nSPS) is 24.2. The van der Waals surface area contributed by atoms with E-state index < -0.39 is 19.8 Å². The number of fused-ring (bicyclic) bond motifs is 1. The summed E-state index contributed by atoms with van der Waals surface area (Å²) in [7, 11) is -2.61. The summed E-state index contributed by atoms with van der Waals surface area (Å²) in [4.78, 5) is 20.8. The highest BCUT2D eigenvalue weighted by atomic mass is 31.2. The van der Waals surface area contributed by atoms with Crippen LogP contribution >= 0.6 is 7.75 Å². The molecule has 12 nitrogen and oxygen atoms in total. The van der Waals surface area contributed by atoms with E-state index in [0.29, 0.717) is 17.8 Å². The number of para-hydroxylation sites is 1. The Morgan fingerprint density at radius 1 is 1.36 bits per heavy atom. The summed E-state index contributed by atoms with van der Waals surface area (Å²) in [6, 6.07) is 8.23. The topological polar surface area (TPSA) is 154 Å². The molecular formula is C23H30N7O5P. The molecule has 1 aliphatic heterocycles. The average molecular weight is 516 g/mol. The first-order valence-corrected chi connectivity index (χ1v) is 13.4. The largest absolute Gasteiger partial charge is 0.468 e. The second-order valence-corrected chi connectivity index (χ2v) is 10.7. The molecule has 0 saturated heterocycles. The van der Waals surface area contributed by atoms with Gasteiger partial charge in [-0.3, -0.25) is 19.2 Å². The summed E-state index contributed by atoms with van der Waals surface area (Å²) in [6.45, 7) is 1.69. The summed E-state index contributed by atoms with van der Waals surface area (Å²) < 4.78 is 31.5. The van der Waals surface area contributed by atoms with E-state index in [0.717, 1.165) is 36.3 Å². The number of rotatable bonds is 11. The molecule has 13 heteroatoms. The fourth-order valence-electron chi connectivity index (χ4n) is 3.84. The van der Waals surface area contributed by atoms with Gasteiger partial charge in [0.2, 0.25) is 0 Å². The lowest BCUT2D eigenvalue weighted by Gasteiger charge is -2.22. The van der Waals surface area contributed by atoms with Crippen molar-refractivity contribution in [1.82, 2.24) is 20.0 Å². The molecule has 36 heavy (non-hydrogen) atoms. The molecule has 0 bridgehead atoms. The molecule has 2 heterocycles. The van der Waals surface area contributed by atoms with Crippen molar-refractivity contribution in [3.05, 3.63) is 47.9 Å². The number of ether oxygens (including phenoxy) is 1. The Hall–Kier alpha value is -3.18. The van der Waals surface area contributed by atoms with E-state index in [1.807, 2.05) is 16.8 Å². The molecule has 2 fully saturated rings. The summed E-state index contributed by atoms with van der Waals surface area (Å²) in [5.41, 5.74) is 7.89. The van der Waals surface area contributed by atoms with Crippen molar-refractivity contribution in [2.24, 2.45) is 16.6 Å². The molecule has 0 radical (unpaired) electrons. The molecule has 0 spiro atoms. The Morgan fingerprint density at radius 3 is 2.86 bits per heavy atom. The zero-order valence-corrected chi connectivity index (χ0v) is 21.0. The lowest BCUT2D eigenvalue weighted by atomic mass is 10.3. The molecule has 0 amide bonds. The van der Waals surface area contributed by atoms with Gasteiger partial charge in [0.15, 0.2) is 5.96 Å². The first kappa shape index (κ1) is 24.5. The molecule has 2 aliphatic carbocycles. The number of aromatic nitrogens is 2. The molecule has 192 valence electrons. The van der Waals surface area contributed by atoms with Gasteiger partial charge in [-0.05, 0) is 43.9 Å². The van der Waals surface area contributed by atoms with Gasteiger partial charge < -0.3 is 20.3 Å². The van der Waals surface area contributed by atoms with Gasteiger partial charge in [0.25, 0.3) is 0 Å². The number of carbonyl (C=O) groups excluding carboxylic acids is 1. The van der Waals surface area contributed by atoms with E-state index >= 15 is 0 Å². The van der Waals surface area contributed by atoms with E-state index in [9.17, 15) is 9.36 Å². The van der Waals surface area contributed by atoms with Crippen molar-refractivity contribution in [3.63, 3.8) is 0 Å². The number of carbonyl (C=O) groups is 1. The Kier molecular flexibility index (Phi) is 6.85. The highest BCUT2D eigenvalue weighted by Crippen LogP contribution is 2.49. The number of hydrogen-bond donors (Lipinski definition) is 4. The number of guanidine groups is 1. The van der Waals surface area contributed by atoms with Crippen molar-refractivity contribution >= 4 is 31.7 Å². The lowest BCUT2D eigenvalue weighted by molar-refractivity contribution is -0.142. The fourth-order valence-corrected chi connectivity index (χ4v) is 5.37. The van der Waals surface area contributed by atoms with Crippen LogP contribution in [-0.2, 0) is 18.6 Å². The van der Waals surface area contributed by atoms with Crippen LogP contribution in [0.3, 0.4) is 0 Å². The maximum absolute atomic E-state index is 13.5. The number of imidazole rings is 1. The van der Waals surface area contributed by atoms with Crippen molar-refractivity contribution in [3.8, 4) is 5.75 Å². The Morgan fingerprint density at radius 2 is 2.14 bits per heavy atom. The maximum atomic E-state index is 13.5. The first-order chi connectivity index (χ1) is 17.3. The number of nitrogens with zero attached hydrogens (tertiary/aromatic N) is 3. The van der Waals surface area contributed by atoms with E-state index in [2.05, 4.69) is 25.7 Å². The second kappa shape index (κ2) is 10.1. The molecule has 2 saturated carbocycles. The number of benzene rings is 1. The number of aliphatic imine (C=N–C) groups is 1. The third kappa shape index (κ3) is 5.79. The molecule has 1 aromatic heterocycles. The third-order valence-electron chi connectivity index (χ3n) is 6.04. The van der Waals surface area contributed by atoms with Crippen LogP contribution in [0.1, 0.15) is 38.0 Å². The molecule has 1 aromatic carbocycles. The maximum Gasteiger partial charge on any atom is 0.459 e. The zero-order valence-electron chi connectivity index (χ0n) is 20.1. The number of nitrogens with two attached hydrogens (primary N) is 1. The van der Waals surface area contributed by atoms with Crippen molar-refractivity contribution in [2.45, 2.75) is 44.4 Å². The Bertz CT molecular complexity index is 1230. The highest BCUT2D eigenvalue weighted by Gasteiger charge is 2.38. The number of esters is 1. The van der Waals surface area contributed by atoms with Gasteiger partial charge in [-0.25, -0.2) is 14.5 Å². The van der Waals surface area contributed by atoms with Gasteiger partial charge in [0, 0.05) is 18.2 Å². The van der Waals surface area contributed by atoms with Gasteiger partial charge in [0.1, 0.15) is 35.8 Å². The molecule has 5 rings (SSSR count). The summed E-state index contributed by atoms with van der Waals surface area (Å²) in [5, 5.41) is 9.21. The standard InChI is InChI=1S/C23H30N7O5P/c1-14(22(31)33-2)29-36(32,35-18-6-4-3-5-7-18)34-12-16-10-15(16)11-30-13-25-19-20(26-17-8-9-17)27-23(24)28-21(19)30/h3-7,11,13-14,16-17,20,26H,8-10,12H2,1-2H3,(H,29,32)(H3,24,27,28). The van der Waals surface area contributed by atoms with Gasteiger partial charge >= 0.3 is 13.7 Å². The molecule has 5 N–H and O–H groups in total. The van der Waals surface area contributed by atoms with E-state index in [1.165, 1.54) is 14.0 Å². The van der Waals surface area contributed by atoms with Gasteiger partial charge in [-0.1, -0.05) is 18.2 Å². The lowest BCUT2D eigenvalue weighted by Crippen LogP contribution is -2.34. The van der Waals surface area contributed by atoms with Crippen LogP contribution in [0.15, 0.2) is 47.2 Å². The van der Waals surface area contributed by atoms with Crippen molar-refractivity contribution in [2.75, 3.05) is 19.0 Å². The van der Waals surface area contributed by atoms with Crippen LogP contribution in [0.4, 0.5) is 5.82 Å². The summed E-state index contributed by atoms with van der Waals surface area (Å²) in [6.07, 6.45) is 6.44. The van der Waals surface area contributed by atoms with Gasteiger partial charge in [-0.15, -0.1) is 0 Å².